The van der Waals surface area contributed by atoms with Gasteiger partial charge >= 0.3 is 6.18 Å². The molecule has 2 aromatic carbocycles. The fourth-order valence-electron chi connectivity index (χ4n) is 3.07. The molecule has 0 aliphatic rings. The van der Waals surface area contributed by atoms with Crippen molar-refractivity contribution in [3.05, 3.63) is 77.4 Å². The summed E-state index contributed by atoms with van der Waals surface area (Å²) in [6.07, 6.45) is -4.91. The predicted octanol–water partition coefficient (Wildman–Crippen LogP) is 3.39. The van der Waals surface area contributed by atoms with Gasteiger partial charge in [-0.25, -0.2) is 30.7 Å². The summed E-state index contributed by atoms with van der Waals surface area (Å²) in [5.41, 5.74) is -3.27. The van der Waals surface area contributed by atoms with Gasteiger partial charge in [-0.1, -0.05) is 18.2 Å². The maximum absolute atomic E-state index is 13.2. The fraction of sp³-hybridized carbons (Fsp3) is 0.273. The lowest BCUT2D eigenvalue weighted by Gasteiger charge is -2.27. The second kappa shape index (κ2) is 11.0. The summed E-state index contributed by atoms with van der Waals surface area (Å²) in [6.45, 7) is -0.0231. The third-order valence-corrected chi connectivity index (χ3v) is 9.55. The van der Waals surface area contributed by atoms with Gasteiger partial charge in [0.1, 0.15) is 10.0 Å². The highest BCUT2D eigenvalue weighted by molar-refractivity contribution is 7.91. The molecule has 0 saturated heterocycles. The molecule has 0 aliphatic heterocycles. The summed E-state index contributed by atoms with van der Waals surface area (Å²) < 4.78 is 107. The maximum atomic E-state index is 13.2. The summed E-state index contributed by atoms with van der Waals surface area (Å²) >= 11 is 0.979. The van der Waals surface area contributed by atoms with Crippen LogP contribution < -0.4 is 14.8 Å². The average molecular weight is 582 g/mol. The molecule has 3 rings (SSSR count). The second-order valence-corrected chi connectivity index (χ2v) is 12.8. The number of alkyl halides is 3. The first kappa shape index (κ1) is 29.0. The van der Waals surface area contributed by atoms with E-state index in [-0.39, 0.29) is 27.9 Å². The molecule has 4 N–H and O–H groups in total. The number of sulfonamides is 2. The van der Waals surface area contributed by atoms with Crippen LogP contribution in [0.2, 0.25) is 0 Å². The minimum absolute atomic E-state index is 0.0388. The molecular formula is C22H23F4N3O5S3. The fourth-order valence-corrected chi connectivity index (χ4v) is 6.27. The van der Waals surface area contributed by atoms with Crippen molar-refractivity contribution < 1.29 is 39.5 Å². The Bertz CT molecular complexity index is 1390. The number of thiophene rings is 1. The zero-order valence-corrected chi connectivity index (χ0v) is 21.6. The molecule has 0 spiro atoms. The molecule has 202 valence electrons. The smallest absolute Gasteiger partial charge is 0.380 e. The van der Waals surface area contributed by atoms with Crippen LogP contribution in [0, 0.1) is 5.82 Å². The van der Waals surface area contributed by atoms with Gasteiger partial charge in [-0.05, 0) is 60.3 Å². The highest BCUT2D eigenvalue weighted by atomic mass is 32.2. The standard InChI is InChI=1S/C22H23F4N3O5S3/c1-21(30,22(24,25)26)15-4-8-17(9-5-15)29-18(14-28-37(33,34)20-3-2-12-35-20)13-27-36(31,32)19-10-6-16(23)7-11-19/h2-12,18,27-30H,13-14H2,1H3/t18-,21-/m0/s1. The Morgan fingerprint density at radius 2 is 1.46 bits per heavy atom. The van der Waals surface area contributed by atoms with Crippen LogP contribution in [0.25, 0.3) is 0 Å². The van der Waals surface area contributed by atoms with E-state index < -0.39 is 49.2 Å². The van der Waals surface area contributed by atoms with Crippen LogP contribution >= 0.6 is 11.3 Å². The molecule has 0 saturated carbocycles. The first-order valence-electron chi connectivity index (χ1n) is 10.6. The third kappa shape index (κ3) is 7.27. The Morgan fingerprint density at radius 3 is 1.97 bits per heavy atom. The molecule has 3 aromatic rings. The van der Waals surface area contributed by atoms with Gasteiger partial charge < -0.3 is 10.4 Å². The molecule has 15 heteroatoms. The number of nitrogens with one attached hydrogen (secondary N) is 3. The SMILES string of the molecule is C[C@](O)(c1ccc(N[C@@H](CNS(=O)(=O)c2ccc(F)cc2)CNS(=O)(=O)c2cccs2)cc1)C(F)(F)F. The zero-order chi connectivity index (χ0) is 27.5. The van der Waals surface area contributed by atoms with Crippen LogP contribution in [0.4, 0.5) is 23.2 Å². The van der Waals surface area contributed by atoms with Crippen LogP contribution in [0.3, 0.4) is 0 Å². The van der Waals surface area contributed by atoms with Crippen LogP contribution in [-0.4, -0.2) is 47.2 Å². The Hall–Kier alpha value is -2.56. The van der Waals surface area contributed by atoms with Gasteiger partial charge in [0.2, 0.25) is 20.0 Å². The topological polar surface area (TPSA) is 125 Å². The Balaban J connectivity index is 1.79. The van der Waals surface area contributed by atoms with E-state index in [2.05, 4.69) is 14.8 Å². The van der Waals surface area contributed by atoms with Gasteiger partial charge in [0, 0.05) is 18.8 Å². The molecule has 0 fully saturated rings. The molecule has 2 atom stereocenters. The Labute approximate surface area is 215 Å². The molecular weight excluding hydrogens is 558 g/mol. The highest BCUT2D eigenvalue weighted by Gasteiger charge is 2.51. The third-order valence-electron chi connectivity index (χ3n) is 5.29. The van der Waals surface area contributed by atoms with Crippen molar-refractivity contribution in [2.24, 2.45) is 0 Å². The zero-order valence-electron chi connectivity index (χ0n) is 19.2. The molecule has 1 aromatic heterocycles. The van der Waals surface area contributed by atoms with Gasteiger partial charge in [0.15, 0.2) is 5.60 Å². The summed E-state index contributed by atoms with van der Waals surface area (Å²) in [5, 5.41) is 14.3. The molecule has 8 nitrogen and oxygen atoms in total. The van der Waals surface area contributed by atoms with Crippen molar-refractivity contribution in [1.29, 1.82) is 0 Å². The number of rotatable bonds is 11. The average Bonchev–Trinajstić information content (AvgIpc) is 3.37. The van der Waals surface area contributed by atoms with Crippen LogP contribution in [0.15, 0.2) is 75.1 Å². The van der Waals surface area contributed by atoms with Crippen LogP contribution in [0.1, 0.15) is 12.5 Å². The van der Waals surface area contributed by atoms with E-state index in [1.807, 2.05) is 0 Å². The lowest BCUT2D eigenvalue weighted by atomic mass is 9.95. The summed E-state index contributed by atoms with van der Waals surface area (Å²) in [7, 11) is -8.00. The molecule has 0 aliphatic carbocycles. The van der Waals surface area contributed by atoms with Crippen LogP contribution in [0.5, 0.6) is 0 Å². The van der Waals surface area contributed by atoms with Gasteiger partial charge in [0.25, 0.3) is 0 Å². The minimum atomic E-state index is -4.91. The summed E-state index contributed by atoms with van der Waals surface area (Å²) in [5.74, 6) is -0.630. The maximum Gasteiger partial charge on any atom is 0.421 e. The van der Waals surface area contributed by atoms with E-state index in [4.69, 9.17) is 0 Å². The van der Waals surface area contributed by atoms with Gasteiger partial charge in [-0.2, -0.15) is 13.2 Å². The van der Waals surface area contributed by atoms with Crippen LogP contribution in [-0.2, 0) is 25.6 Å². The van der Waals surface area contributed by atoms with E-state index in [1.165, 1.54) is 18.2 Å². The summed E-state index contributed by atoms with van der Waals surface area (Å²) in [6, 6.07) is 10.7. The number of hydrogen-bond donors (Lipinski definition) is 4. The molecule has 0 amide bonds. The lowest BCUT2D eigenvalue weighted by Crippen LogP contribution is -2.44. The molecule has 0 unspecified atom stereocenters. The van der Waals surface area contributed by atoms with Crippen molar-refractivity contribution in [2.45, 2.75) is 33.8 Å². The number of halogens is 4. The Kier molecular flexibility index (Phi) is 8.66. The predicted molar refractivity (Wildman–Crippen MR) is 131 cm³/mol. The summed E-state index contributed by atoms with van der Waals surface area (Å²) in [4.78, 5) is -0.217. The monoisotopic (exact) mass is 581 g/mol. The first-order valence-corrected chi connectivity index (χ1v) is 14.4. The first-order chi connectivity index (χ1) is 17.1. The number of hydrogen-bond acceptors (Lipinski definition) is 7. The van der Waals surface area contributed by atoms with Crippen molar-refractivity contribution in [2.75, 3.05) is 18.4 Å². The van der Waals surface area contributed by atoms with E-state index in [9.17, 15) is 39.5 Å². The van der Waals surface area contributed by atoms with E-state index >= 15 is 0 Å². The number of benzene rings is 2. The van der Waals surface area contributed by atoms with E-state index in [0.717, 1.165) is 47.7 Å². The number of anilines is 1. The minimum Gasteiger partial charge on any atom is -0.380 e. The lowest BCUT2D eigenvalue weighted by molar-refractivity contribution is -0.258. The molecule has 0 radical (unpaired) electrons. The van der Waals surface area contributed by atoms with Gasteiger partial charge in [-0.3, -0.25) is 0 Å². The van der Waals surface area contributed by atoms with Crippen molar-refractivity contribution in [3.63, 3.8) is 0 Å². The van der Waals surface area contributed by atoms with Gasteiger partial charge in [-0.15, -0.1) is 11.3 Å². The van der Waals surface area contributed by atoms with E-state index in [0.29, 0.717) is 6.92 Å². The highest BCUT2D eigenvalue weighted by Crippen LogP contribution is 2.38. The quantitative estimate of drug-likeness (QED) is 0.258. The van der Waals surface area contributed by atoms with Crippen molar-refractivity contribution in [3.8, 4) is 0 Å². The molecule has 37 heavy (non-hydrogen) atoms. The largest absolute Gasteiger partial charge is 0.421 e. The van der Waals surface area contributed by atoms with Crippen molar-refractivity contribution >= 4 is 37.1 Å². The second-order valence-electron chi connectivity index (χ2n) is 8.08. The van der Waals surface area contributed by atoms with Crippen molar-refractivity contribution in [1.82, 2.24) is 9.44 Å². The Morgan fingerprint density at radius 1 is 0.892 bits per heavy atom. The molecule has 0 bridgehead atoms. The van der Waals surface area contributed by atoms with Gasteiger partial charge in [0.05, 0.1) is 10.9 Å². The molecule has 1 heterocycles. The normalized spacial score (nSPS) is 15.2. The van der Waals surface area contributed by atoms with E-state index in [1.54, 1.807) is 11.4 Å². The number of aliphatic hydroxyl groups is 1.